The molecule has 0 amide bonds. The zero-order valence-corrected chi connectivity index (χ0v) is 11.6. The molecule has 1 aromatic carbocycles. The summed E-state index contributed by atoms with van der Waals surface area (Å²) in [5.74, 6) is 0.890. The molecule has 0 atom stereocenters. The highest BCUT2D eigenvalue weighted by molar-refractivity contribution is 9.08. The first-order valence-electron chi connectivity index (χ1n) is 5.74. The Labute approximate surface area is 114 Å². The molecular formula is C14H12BrN3. The molecule has 3 nitrogen and oxygen atoms in total. The number of para-hydroxylation sites is 1. The average Bonchev–Trinajstić information content (AvgIpc) is 2.82. The van der Waals surface area contributed by atoms with Crippen LogP contribution in [-0.2, 0) is 5.33 Å². The van der Waals surface area contributed by atoms with Crippen molar-refractivity contribution in [1.82, 2.24) is 14.8 Å². The van der Waals surface area contributed by atoms with Gasteiger partial charge in [-0.1, -0.05) is 34.1 Å². The van der Waals surface area contributed by atoms with Crippen LogP contribution in [0.3, 0.4) is 0 Å². The molecule has 0 saturated heterocycles. The van der Waals surface area contributed by atoms with Crippen LogP contribution in [0.1, 0.15) is 11.1 Å². The Kier molecular flexibility index (Phi) is 2.88. The molecule has 0 aliphatic rings. The van der Waals surface area contributed by atoms with Crippen LogP contribution in [0.25, 0.3) is 16.7 Å². The van der Waals surface area contributed by atoms with Crippen molar-refractivity contribution in [3.05, 3.63) is 53.9 Å². The molecule has 0 radical (unpaired) electrons. The van der Waals surface area contributed by atoms with Crippen LogP contribution in [-0.4, -0.2) is 14.8 Å². The molecule has 3 rings (SSSR count). The monoisotopic (exact) mass is 301 g/mol. The average molecular weight is 302 g/mol. The molecule has 0 N–H and O–H groups in total. The lowest BCUT2D eigenvalue weighted by Crippen LogP contribution is -2.02. The number of aryl methyl sites for hydroxylation is 1. The van der Waals surface area contributed by atoms with Gasteiger partial charge in [0.05, 0.1) is 11.7 Å². The smallest absolute Gasteiger partial charge is 0.156 e. The Morgan fingerprint density at radius 1 is 1.22 bits per heavy atom. The van der Waals surface area contributed by atoms with E-state index in [1.54, 1.807) is 0 Å². The number of hydrogen-bond donors (Lipinski definition) is 0. The molecule has 2 heterocycles. The SMILES string of the molecule is Cc1cc(CBr)cnc1-n1ncc2ccccc21. The van der Waals surface area contributed by atoms with Gasteiger partial charge in [0.2, 0.25) is 0 Å². The Hall–Kier alpha value is -1.68. The minimum absolute atomic E-state index is 0.820. The molecule has 0 bridgehead atoms. The third-order valence-electron chi connectivity index (χ3n) is 2.94. The van der Waals surface area contributed by atoms with Crippen molar-refractivity contribution in [2.24, 2.45) is 0 Å². The number of nitrogens with zero attached hydrogens (tertiary/aromatic N) is 3. The molecular weight excluding hydrogens is 290 g/mol. The second-order valence-electron chi connectivity index (χ2n) is 4.23. The lowest BCUT2D eigenvalue weighted by molar-refractivity contribution is 0.862. The van der Waals surface area contributed by atoms with Gasteiger partial charge in [-0.05, 0) is 30.2 Å². The summed E-state index contributed by atoms with van der Waals surface area (Å²) in [6.07, 6.45) is 3.75. The second-order valence-corrected chi connectivity index (χ2v) is 4.79. The minimum atomic E-state index is 0.820. The van der Waals surface area contributed by atoms with E-state index in [1.807, 2.05) is 29.2 Å². The van der Waals surface area contributed by atoms with Crippen molar-refractivity contribution in [3.8, 4) is 5.82 Å². The van der Waals surface area contributed by atoms with E-state index in [-0.39, 0.29) is 0 Å². The van der Waals surface area contributed by atoms with E-state index >= 15 is 0 Å². The number of aromatic nitrogens is 3. The molecule has 2 aromatic heterocycles. The quantitative estimate of drug-likeness (QED) is 0.677. The minimum Gasteiger partial charge on any atom is -0.237 e. The summed E-state index contributed by atoms with van der Waals surface area (Å²) in [4.78, 5) is 4.51. The summed E-state index contributed by atoms with van der Waals surface area (Å²) in [5, 5.41) is 6.37. The van der Waals surface area contributed by atoms with Crippen molar-refractivity contribution >= 4 is 26.8 Å². The maximum atomic E-state index is 4.51. The first kappa shape index (κ1) is 11.4. The lowest BCUT2D eigenvalue weighted by atomic mass is 10.2. The molecule has 0 fully saturated rings. The van der Waals surface area contributed by atoms with E-state index in [2.05, 4.69) is 51.1 Å². The highest BCUT2D eigenvalue weighted by Crippen LogP contribution is 2.20. The first-order chi connectivity index (χ1) is 8.79. The molecule has 18 heavy (non-hydrogen) atoms. The van der Waals surface area contributed by atoms with Crippen LogP contribution >= 0.6 is 15.9 Å². The Morgan fingerprint density at radius 3 is 2.83 bits per heavy atom. The van der Waals surface area contributed by atoms with Gasteiger partial charge in [0.1, 0.15) is 0 Å². The number of halogens is 1. The van der Waals surface area contributed by atoms with E-state index in [0.717, 1.165) is 27.6 Å². The van der Waals surface area contributed by atoms with Gasteiger partial charge in [0.15, 0.2) is 5.82 Å². The highest BCUT2D eigenvalue weighted by atomic mass is 79.9. The molecule has 90 valence electrons. The molecule has 0 aliphatic heterocycles. The zero-order valence-electron chi connectivity index (χ0n) is 9.97. The van der Waals surface area contributed by atoms with Crippen molar-refractivity contribution < 1.29 is 0 Å². The standard InChI is InChI=1S/C14H12BrN3/c1-10-6-11(7-15)8-16-14(10)18-13-5-3-2-4-12(13)9-17-18/h2-6,8-9H,7H2,1H3. The highest BCUT2D eigenvalue weighted by Gasteiger charge is 2.08. The summed E-state index contributed by atoms with van der Waals surface area (Å²) >= 11 is 3.44. The topological polar surface area (TPSA) is 30.7 Å². The number of benzene rings is 1. The Morgan fingerprint density at radius 2 is 2.06 bits per heavy atom. The number of hydrogen-bond acceptors (Lipinski definition) is 2. The summed E-state index contributed by atoms with van der Waals surface area (Å²) in [5.41, 5.74) is 3.38. The van der Waals surface area contributed by atoms with Crippen molar-refractivity contribution in [1.29, 1.82) is 0 Å². The summed E-state index contributed by atoms with van der Waals surface area (Å²) in [6.45, 7) is 2.06. The third-order valence-corrected chi connectivity index (χ3v) is 3.59. The van der Waals surface area contributed by atoms with Crippen molar-refractivity contribution in [2.45, 2.75) is 12.3 Å². The van der Waals surface area contributed by atoms with Gasteiger partial charge >= 0.3 is 0 Å². The molecule has 0 spiro atoms. The molecule has 0 aliphatic carbocycles. The van der Waals surface area contributed by atoms with Crippen LogP contribution in [0, 0.1) is 6.92 Å². The van der Waals surface area contributed by atoms with Gasteiger partial charge in [-0.25, -0.2) is 9.67 Å². The van der Waals surface area contributed by atoms with Gasteiger partial charge in [-0.15, -0.1) is 0 Å². The normalized spacial score (nSPS) is 11.0. The molecule has 0 unspecified atom stereocenters. The molecule has 4 heteroatoms. The second kappa shape index (κ2) is 4.53. The van der Waals surface area contributed by atoms with Crippen molar-refractivity contribution in [3.63, 3.8) is 0 Å². The number of pyridine rings is 1. The predicted molar refractivity (Wildman–Crippen MR) is 76.2 cm³/mol. The maximum Gasteiger partial charge on any atom is 0.156 e. The van der Waals surface area contributed by atoms with E-state index < -0.39 is 0 Å². The fourth-order valence-electron chi connectivity index (χ4n) is 2.06. The number of alkyl halides is 1. The van der Waals surface area contributed by atoms with Crippen LogP contribution in [0.15, 0.2) is 42.7 Å². The van der Waals surface area contributed by atoms with Crippen LogP contribution < -0.4 is 0 Å². The predicted octanol–water partition coefficient (Wildman–Crippen LogP) is 3.62. The van der Waals surface area contributed by atoms with E-state index in [4.69, 9.17) is 0 Å². The van der Waals surface area contributed by atoms with E-state index in [9.17, 15) is 0 Å². The number of fused-ring (bicyclic) bond motifs is 1. The summed E-state index contributed by atoms with van der Waals surface area (Å²) < 4.78 is 1.89. The number of rotatable bonds is 2. The van der Waals surface area contributed by atoms with E-state index in [1.165, 1.54) is 5.56 Å². The fourth-order valence-corrected chi connectivity index (χ4v) is 2.37. The van der Waals surface area contributed by atoms with Crippen LogP contribution in [0.4, 0.5) is 0 Å². The zero-order chi connectivity index (χ0) is 12.5. The third kappa shape index (κ3) is 1.82. The lowest BCUT2D eigenvalue weighted by Gasteiger charge is -2.07. The Bertz CT molecular complexity index is 703. The Balaban J connectivity index is 2.20. The van der Waals surface area contributed by atoms with Gasteiger partial charge in [0.25, 0.3) is 0 Å². The maximum absolute atomic E-state index is 4.51. The van der Waals surface area contributed by atoms with E-state index in [0.29, 0.717) is 0 Å². The molecule has 3 aromatic rings. The largest absolute Gasteiger partial charge is 0.237 e. The van der Waals surface area contributed by atoms with Gasteiger partial charge < -0.3 is 0 Å². The summed E-state index contributed by atoms with van der Waals surface area (Å²) in [7, 11) is 0. The van der Waals surface area contributed by atoms with Crippen LogP contribution in [0.2, 0.25) is 0 Å². The van der Waals surface area contributed by atoms with Gasteiger partial charge in [0, 0.05) is 16.9 Å². The first-order valence-corrected chi connectivity index (χ1v) is 6.86. The van der Waals surface area contributed by atoms with Crippen LogP contribution in [0.5, 0.6) is 0 Å². The summed E-state index contributed by atoms with van der Waals surface area (Å²) in [6, 6.07) is 10.3. The molecule has 0 saturated carbocycles. The van der Waals surface area contributed by atoms with Crippen molar-refractivity contribution in [2.75, 3.05) is 0 Å². The van der Waals surface area contributed by atoms with Gasteiger partial charge in [-0.3, -0.25) is 0 Å². The van der Waals surface area contributed by atoms with Gasteiger partial charge in [-0.2, -0.15) is 5.10 Å². The fraction of sp³-hybridized carbons (Fsp3) is 0.143.